The Morgan fingerprint density at radius 2 is 2.03 bits per heavy atom. The molecule has 0 amide bonds. The van der Waals surface area contributed by atoms with Crippen molar-refractivity contribution in [3.8, 4) is 11.5 Å². The highest BCUT2D eigenvalue weighted by atomic mass is 16.5. The van der Waals surface area contributed by atoms with Crippen LogP contribution in [-0.4, -0.2) is 67.4 Å². The summed E-state index contributed by atoms with van der Waals surface area (Å²) in [4.78, 5) is 4.76. The highest BCUT2D eigenvalue weighted by Crippen LogP contribution is 2.32. The fourth-order valence-corrected chi connectivity index (χ4v) is 3.62. The van der Waals surface area contributed by atoms with Gasteiger partial charge in [-0.15, -0.1) is 10.2 Å². The first kappa shape index (κ1) is 22.3. The normalized spacial score (nSPS) is 15.3. The molecule has 4 rings (SSSR count). The molecule has 2 N–H and O–H groups in total. The molecular formula is C22H32N6O4. The standard InChI is InChI=1S/C22H32N6O4/c1-29-13-14-30-10-3-8-23-22(24-16-21-27-26-20-5-2-9-28(20)21)25-17-6-7-18-19(15-17)32-12-4-11-31-18/h6-7,15H,2-5,8-14,16H2,1H3,(H2,23,24,25). The van der Waals surface area contributed by atoms with E-state index in [1.807, 2.05) is 18.2 Å². The van der Waals surface area contributed by atoms with Gasteiger partial charge in [0, 0.05) is 51.4 Å². The quantitative estimate of drug-likeness (QED) is 0.326. The van der Waals surface area contributed by atoms with E-state index in [9.17, 15) is 0 Å². The zero-order valence-electron chi connectivity index (χ0n) is 18.6. The molecule has 2 aliphatic heterocycles. The van der Waals surface area contributed by atoms with Crippen LogP contribution in [0, 0.1) is 0 Å². The largest absolute Gasteiger partial charge is 0.490 e. The van der Waals surface area contributed by atoms with Crippen molar-refractivity contribution in [2.24, 2.45) is 4.99 Å². The molecular weight excluding hydrogens is 412 g/mol. The molecule has 10 heteroatoms. The third-order valence-electron chi connectivity index (χ3n) is 5.26. The summed E-state index contributed by atoms with van der Waals surface area (Å²) in [6.07, 6.45) is 3.83. The predicted molar refractivity (Wildman–Crippen MR) is 120 cm³/mol. The minimum absolute atomic E-state index is 0.456. The number of aromatic nitrogens is 3. The highest BCUT2D eigenvalue weighted by Gasteiger charge is 2.17. The van der Waals surface area contributed by atoms with Crippen LogP contribution in [0.1, 0.15) is 30.9 Å². The number of nitrogens with zero attached hydrogens (tertiary/aromatic N) is 4. The number of methoxy groups -OCH3 is 1. The van der Waals surface area contributed by atoms with E-state index in [2.05, 4.69) is 25.4 Å². The first-order valence-electron chi connectivity index (χ1n) is 11.3. The summed E-state index contributed by atoms with van der Waals surface area (Å²) in [5, 5.41) is 15.3. The number of rotatable bonds is 10. The fraction of sp³-hybridized carbons (Fsp3) is 0.591. The van der Waals surface area contributed by atoms with Gasteiger partial charge in [0.25, 0.3) is 0 Å². The third-order valence-corrected chi connectivity index (χ3v) is 5.26. The van der Waals surface area contributed by atoms with Gasteiger partial charge >= 0.3 is 0 Å². The lowest BCUT2D eigenvalue weighted by atomic mass is 10.2. The van der Waals surface area contributed by atoms with Crippen LogP contribution in [0.25, 0.3) is 0 Å². The Morgan fingerprint density at radius 1 is 1.12 bits per heavy atom. The summed E-state index contributed by atoms with van der Waals surface area (Å²) in [6, 6.07) is 5.84. The van der Waals surface area contributed by atoms with Crippen LogP contribution in [-0.2, 0) is 29.0 Å². The van der Waals surface area contributed by atoms with E-state index in [-0.39, 0.29) is 0 Å². The topological polar surface area (TPSA) is 104 Å². The van der Waals surface area contributed by atoms with E-state index in [4.69, 9.17) is 23.9 Å². The number of nitrogens with one attached hydrogen (secondary N) is 2. The Bertz CT molecular complexity index is 901. The van der Waals surface area contributed by atoms with Crippen LogP contribution < -0.4 is 20.1 Å². The molecule has 0 saturated heterocycles. The lowest BCUT2D eigenvalue weighted by molar-refractivity contribution is 0.0699. The number of aliphatic imine (C=N–C) groups is 1. The summed E-state index contributed by atoms with van der Waals surface area (Å²) >= 11 is 0. The minimum Gasteiger partial charge on any atom is -0.490 e. The Hall–Kier alpha value is -2.85. The summed E-state index contributed by atoms with van der Waals surface area (Å²) in [7, 11) is 1.67. The maximum absolute atomic E-state index is 5.81. The van der Waals surface area contributed by atoms with Crippen LogP contribution >= 0.6 is 0 Å². The number of guanidine groups is 1. The van der Waals surface area contributed by atoms with E-state index in [1.54, 1.807) is 7.11 Å². The van der Waals surface area contributed by atoms with Gasteiger partial charge in [-0.05, 0) is 25.0 Å². The van der Waals surface area contributed by atoms with Crippen LogP contribution in [0.15, 0.2) is 23.2 Å². The van der Waals surface area contributed by atoms with Gasteiger partial charge in [0.1, 0.15) is 12.4 Å². The monoisotopic (exact) mass is 444 g/mol. The first-order chi connectivity index (χ1) is 15.8. The molecule has 0 unspecified atom stereocenters. The van der Waals surface area contributed by atoms with Crippen molar-refractivity contribution < 1.29 is 18.9 Å². The Balaban J connectivity index is 1.39. The van der Waals surface area contributed by atoms with Crippen molar-refractivity contribution in [2.75, 3.05) is 52.0 Å². The molecule has 0 radical (unpaired) electrons. The van der Waals surface area contributed by atoms with Gasteiger partial charge < -0.3 is 34.1 Å². The average molecular weight is 445 g/mol. The number of fused-ring (bicyclic) bond motifs is 2. The maximum Gasteiger partial charge on any atom is 0.196 e. The predicted octanol–water partition coefficient (Wildman–Crippen LogP) is 2.00. The molecule has 32 heavy (non-hydrogen) atoms. The average Bonchev–Trinajstić information content (AvgIpc) is 3.34. The van der Waals surface area contributed by atoms with Crippen molar-refractivity contribution in [3.05, 3.63) is 29.8 Å². The molecule has 1 aromatic carbocycles. The van der Waals surface area contributed by atoms with Crippen molar-refractivity contribution in [1.29, 1.82) is 0 Å². The molecule has 2 aliphatic rings. The van der Waals surface area contributed by atoms with Crippen molar-refractivity contribution in [3.63, 3.8) is 0 Å². The molecule has 1 aromatic heterocycles. The molecule has 0 saturated carbocycles. The van der Waals surface area contributed by atoms with Gasteiger partial charge in [-0.2, -0.15) is 0 Å². The molecule has 0 atom stereocenters. The van der Waals surface area contributed by atoms with Crippen molar-refractivity contribution in [2.45, 2.75) is 38.8 Å². The number of benzene rings is 1. The molecule has 3 heterocycles. The zero-order chi connectivity index (χ0) is 22.0. The fourth-order valence-electron chi connectivity index (χ4n) is 3.62. The lowest BCUT2D eigenvalue weighted by Crippen LogP contribution is -2.32. The second-order valence-electron chi connectivity index (χ2n) is 7.67. The number of aryl methyl sites for hydroxylation is 1. The van der Waals surface area contributed by atoms with Gasteiger partial charge in [-0.1, -0.05) is 0 Å². The third kappa shape index (κ3) is 6.10. The van der Waals surface area contributed by atoms with E-state index in [0.717, 1.165) is 67.6 Å². The summed E-state index contributed by atoms with van der Waals surface area (Å²) in [5.74, 6) is 4.13. The number of ether oxygens (including phenoxy) is 4. The molecule has 0 spiro atoms. The van der Waals surface area contributed by atoms with E-state index < -0.39 is 0 Å². The van der Waals surface area contributed by atoms with Gasteiger partial charge in [0.05, 0.1) is 26.4 Å². The molecule has 0 aliphatic carbocycles. The van der Waals surface area contributed by atoms with Crippen LogP contribution in [0.2, 0.25) is 0 Å². The number of anilines is 1. The summed E-state index contributed by atoms with van der Waals surface area (Å²) < 4.78 is 24.2. The van der Waals surface area contributed by atoms with E-state index >= 15 is 0 Å². The van der Waals surface area contributed by atoms with Gasteiger partial charge in [-0.3, -0.25) is 0 Å². The second-order valence-corrected chi connectivity index (χ2v) is 7.67. The van der Waals surface area contributed by atoms with Crippen LogP contribution in [0.3, 0.4) is 0 Å². The highest BCUT2D eigenvalue weighted by molar-refractivity contribution is 5.93. The molecule has 0 fully saturated rings. The molecule has 10 nitrogen and oxygen atoms in total. The van der Waals surface area contributed by atoms with Crippen molar-refractivity contribution >= 4 is 11.6 Å². The SMILES string of the molecule is COCCOCCCNC(=NCc1nnc2n1CCC2)Nc1ccc2c(c1)OCCCO2. The molecule has 174 valence electrons. The molecule has 2 aromatic rings. The molecule has 0 bridgehead atoms. The Labute approximate surface area is 188 Å². The minimum atomic E-state index is 0.456. The van der Waals surface area contributed by atoms with Gasteiger partial charge in [-0.25, -0.2) is 4.99 Å². The van der Waals surface area contributed by atoms with Crippen LogP contribution in [0.4, 0.5) is 5.69 Å². The number of hydrogen-bond donors (Lipinski definition) is 2. The number of hydrogen-bond acceptors (Lipinski definition) is 7. The van der Waals surface area contributed by atoms with Gasteiger partial charge in [0.2, 0.25) is 0 Å². The Kier molecular flexibility index (Phi) is 8.16. The smallest absolute Gasteiger partial charge is 0.196 e. The second kappa shape index (κ2) is 11.7. The Morgan fingerprint density at radius 3 is 2.94 bits per heavy atom. The van der Waals surface area contributed by atoms with Crippen LogP contribution in [0.5, 0.6) is 11.5 Å². The van der Waals surface area contributed by atoms with Crippen molar-refractivity contribution in [1.82, 2.24) is 20.1 Å². The maximum atomic E-state index is 5.81. The van der Waals surface area contributed by atoms with Gasteiger partial charge in [0.15, 0.2) is 23.3 Å². The zero-order valence-corrected chi connectivity index (χ0v) is 18.6. The first-order valence-corrected chi connectivity index (χ1v) is 11.3. The summed E-state index contributed by atoms with van der Waals surface area (Å²) in [6.45, 7) is 5.33. The van der Waals surface area contributed by atoms with E-state index in [0.29, 0.717) is 45.5 Å². The van der Waals surface area contributed by atoms with E-state index in [1.165, 1.54) is 0 Å². The summed E-state index contributed by atoms with van der Waals surface area (Å²) in [5.41, 5.74) is 0.878. The lowest BCUT2D eigenvalue weighted by Gasteiger charge is -2.15.